The van der Waals surface area contributed by atoms with Gasteiger partial charge in [0.05, 0.1) is 31.0 Å². The highest BCUT2D eigenvalue weighted by Crippen LogP contribution is 2.43. The molecule has 1 aliphatic rings. The van der Waals surface area contributed by atoms with Crippen LogP contribution in [-0.4, -0.2) is 42.9 Å². The fourth-order valence-electron chi connectivity index (χ4n) is 4.20. The number of halogens is 4. The first-order chi connectivity index (χ1) is 20.8. The van der Waals surface area contributed by atoms with Gasteiger partial charge in [0, 0.05) is 5.56 Å². The molecule has 4 rings (SSSR count). The third-order valence-corrected chi connectivity index (χ3v) is 7.13. The third-order valence-electron chi connectivity index (χ3n) is 6.94. The van der Waals surface area contributed by atoms with E-state index in [1.54, 1.807) is 30.3 Å². The van der Waals surface area contributed by atoms with Gasteiger partial charge >= 0.3 is 12.3 Å². The Morgan fingerprint density at radius 1 is 1.05 bits per heavy atom. The lowest BCUT2D eigenvalue weighted by Crippen LogP contribution is -2.50. The van der Waals surface area contributed by atoms with Crippen molar-refractivity contribution >= 4 is 23.6 Å². The highest BCUT2D eigenvalue weighted by molar-refractivity contribution is 6.29. The molecular weight excluding hydrogens is 605 g/mol. The summed E-state index contributed by atoms with van der Waals surface area (Å²) in [6.07, 6.45) is -4.34. The van der Waals surface area contributed by atoms with Gasteiger partial charge in [-0.25, -0.2) is 9.78 Å². The van der Waals surface area contributed by atoms with Crippen LogP contribution in [0.4, 0.5) is 18.0 Å². The summed E-state index contributed by atoms with van der Waals surface area (Å²) in [7, 11) is 1.36. The fourth-order valence-corrected chi connectivity index (χ4v) is 4.41. The van der Waals surface area contributed by atoms with Gasteiger partial charge in [0.15, 0.2) is 11.5 Å². The molecule has 1 saturated carbocycles. The summed E-state index contributed by atoms with van der Waals surface area (Å²) < 4.78 is 60.0. The van der Waals surface area contributed by atoms with Gasteiger partial charge in [0.25, 0.3) is 11.4 Å². The number of ether oxygens (including phenoxy) is 3. The summed E-state index contributed by atoms with van der Waals surface area (Å²) >= 11 is 6.11. The second-order valence-corrected chi connectivity index (χ2v) is 11.1. The molecule has 3 aromatic rings. The molecule has 2 aromatic carbocycles. The third kappa shape index (κ3) is 7.57. The zero-order valence-corrected chi connectivity index (χ0v) is 24.8. The molecule has 44 heavy (non-hydrogen) atoms. The summed E-state index contributed by atoms with van der Waals surface area (Å²) in [6.45, 7) is 1.67. The number of alkyl halides is 3. The Kier molecular flexibility index (Phi) is 9.67. The van der Waals surface area contributed by atoms with Crippen LogP contribution in [0.15, 0.2) is 65.8 Å². The van der Waals surface area contributed by atoms with Crippen molar-refractivity contribution in [2.24, 2.45) is 5.18 Å². The van der Waals surface area contributed by atoms with Crippen molar-refractivity contribution in [3.05, 3.63) is 93.1 Å². The van der Waals surface area contributed by atoms with Crippen molar-refractivity contribution in [1.29, 1.82) is 0 Å². The van der Waals surface area contributed by atoms with Gasteiger partial charge < -0.3 is 24.8 Å². The maximum Gasteiger partial charge on any atom is 0.424 e. The van der Waals surface area contributed by atoms with Gasteiger partial charge in [-0.05, 0) is 73.3 Å². The number of carbonyl (C=O) groups is 2. The zero-order chi connectivity index (χ0) is 32.1. The maximum absolute atomic E-state index is 14.6. The number of hydrogen-bond donors (Lipinski definition) is 2. The van der Waals surface area contributed by atoms with Crippen LogP contribution in [-0.2, 0) is 22.4 Å². The smallest absolute Gasteiger partial charge is 0.424 e. The molecule has 1 fully saturated rings. The van der Waals surface area contributed by atoms with E-state index in [1.807, 2.05) is 0 Å². The van der Waals surface area contributed by atoms with Crippen molar-refractivity contribution in [2.45, 2.75) is 56.7 Å². The van der Waals surface area contributed by atoms with Gasteiger partial charge in [0.1, 0.15) is 11.8 Å². The lowest BCUT2D eigenvalue weighted by molar-refractivity contribution is -0.188. The van der Waals surface area contributed by atoms with Crippen LogP contribution in [0.25, 0.3) is 0 Å². The lowest BCUT2D eigenvalue weighted by Gasteiger charge is -2.31. The van der Waals surface area contributed by atoms with E-state index in [0.717, 1.165) is 24.5 Å². The second kappa shape index (κ2) is 13.1. The standard InChI is InChI=1S/C30H30ClF3N4O6/c1-28(2,37-27(40)43-16-18-7-5-4-6-8-18)20-14-24(36-25(31)15-20)29(38-41,30(32,33)34)17-35-26(39)19-9-12-22(23(13-19)42-3)44-21-10-11-21/h4-9,12-15,21H,10-11,16-17H2,1-3H3,(H,35,39)(H,37,40). The molecule has 1 aromatic heterocycles. The maximum atomic E-state index is 14.6. The average Bonchev–Trinajstić information content (AvgIpc) is 3.80. The van der Waals surface area contributed by atoms with E-state index in [0.29, 0.717) is 5.75 Å². The lowest BCUT2D eigenvalue weighted by atomic mass is 9.88. The molecule has 14 heteroatoms. The van der Waals surface area contributed by atoms with Gasteiger partial charge in [-0.1, -0.05) is 41.9 Å². The number of nitroso groups, excluding NO2 is 1. The van der Waals surface area contributed by atoms with Crippen molar-refractivity contribution in [3.8, 4) is 11.5 Å². The number of benzene rings is 2. The van der Waals surface area contributed by atoms with Gasteiger partial charge in [-0.3, -0.25) is 4.79 Å². The van der Waals surface area contributed by atoms with E-state index in [4.69, 9.17) is 25.8 Å². The molecule has 0 bridgehead atoms. The molecule has 0 saturated heterocycles. The quantitative estimate of drug-likeness (QED) is 0.174. The molecule has 1 aliphatic carbocycles. The number of carbonyl (C=O) groups excluding carboxylic acids is 2. The Bertz CT molecular complexity index is 1520. The second-order valence-electron chi connectivity index (χ2n) is 10.7. The first-order valence-corrected chi connectivity index (χ1v) is 13.9. The van der Waals surface area contributed by atoms with Crippen LogP contribution in [0.5, 0.6) is 11.5 Å². The fraction of sp³-hybridized carbons (Fsp3) is 0.367. The van der Waals surface area contributed by atoms with Gasteiger partial charge in [-0.2, -0.15) is 13.2 Å². The summed E-state index contributed by atoms with van der Waals surface area (Å²) in [6, 6.07) is 15.2. The minimum atomic E-state index is -5.30. The molecule has 1 atom stereocenters. The largest absolute Gasteiger partial charge is 0.493 e. The summed E-state index contributed by atoms with van der Waals surface area (Å²) in [5, 5.41) is 6.75. The van der Waals surface area contributed by atoms with Crippen LogP contribution in [0.3, 0.4) is 0 Å². The highest BCUT2D eigenvalue weighted by atomic mass is 35.5. The first-order valence-electron chi connectivity index (χ1n) is 13.5. The van der Waals surface area contributed by atoms with E-state index in [9.17, 15) is 27.7 Å². The number of methoxy groups -OCH3 is 1. The number of pyridine rings is 1. The number of rotatable bonds is 12. The molecule has 234 valence electrons. The highest BCUT2D eigenvalue weighted by Gasteiger charge is 2.60. The Labute approximate surface area is 256 Å². The van der Waals surface area contributed by atoms with Crippen molar-refractivity contribution in [3.63, 3.8) is 0 Å². The molecule has 1 unspecified atom stereocenters. The van der Waals surface area contributed by atoms with E-state index in [-0.39, 0.29) is 29.6 Å². The van der Waals surface area contributed by atoms with E-state index >= 15 is 0 Å². The molecule has 0 radical (unpaired) electrons. The van der Waals surface area contributed by atoms with Gasteiger partial charge in [-0.15, -0.1) is 4.91 Å². The van der Waals surface area contributed by atoms with Crippen LogP contribution >= 0.6 is 11.6 Å². The van der Waals surface area contributed by atoms with Crippen molar-refractivity contribution in [1.82, 2.24) is 15.6 Å². The number of nitrogens with zero attached hydrogens (tertiary/aromatic N) is 2. The Morgan fingerprint density at radius 2 is 1.75 bits per heavy atom. The molecule has 1 heterocycles. The van der Waals surface area contributed by atoms with Crippen LogP contribution in [0.2, 0.25) is 5.15 Å². The monoisotopic (exact) mass is 634 g/mol. The molecule has 2 amide bonds. The Balaban J connectivity index is 1.56. The normalized spacial score (nSPS) is 14.6. The Hall–Kier alpha value is -4.39. The van der Waals surface area contributed by atoms with Crippen molar-refractivity contribution in [2.75, 3.05) is 13.7 Å². The average molecular weight is 635 g/mol. The molecule has 0 aliphatic heterocycles. The Morgan fingerprint density at radius 3 is 2.36 bits per heavy atom. The summed E-state index contributed by atoms with van der Waals surface area (Å²) in [5.74, 6) is -0.316. The summed E-state index contributed by atoms with van der Waals surface area (Å²) in [5.41, 5.74) is -4.97. The topological polar surface area (TPSA) is 128 Å². The number of nitrogens with one attached hydrogen (secondary N) is 2. The number of hydrogen-bond acceptors (Lipinski definition) is 8. The SMILES string of the molecule is COc1cc(C(=O)NCC(N=O)(c2cc(C(C)(C)NC(=O)OCc3ccccc3)cc(Cl)n2)C(F)(F)F)ccc1OC1CC1. The van der Waals surface area contributed by atoms with E-state index < -0.39 is 46.6 Å². The number of amides is 2. The molecular formula is C30H30ClF3N4O6. The summed E-state index contributed by atoms with van der Waals surface area (Å²) in [4.78, 5) is 41.2. The van der Waals surface area contributed by atoms with E-state index in [1.165, 1.54) is 45.2 Å². The first kappa shape index (κ1) is 32.5. The zero-order valence-electron chi connectivity index (χ0n) is 24.0. The van der Waals surface area contributed by atoms with E-state index in [2.05, 4.69) is 20.8 Å². The molecule has 2 N–H and O–H groups in total. The molecule has 10 nitrogen and oxygen atoms in total. The minimum absolute atomic E-state index is 0.0361. The predicted octanol–water partition coefficient (Wildman–Crippen LogP) is 6.40. The van der Waals surface area contributed by atoms with Crippen LogP contribution < -0.4 is 20.1 Å². The minimum Gasteiger partial charge on any atom is -0.493 e. The van der Waals surface area contributed by atoms with Crippen LogP contribution in [0, 0.1) is 4.91 Å². The molecule has 0 spiro atoms. The van der Waals surface area contributed by atoms with Gasteiger partial charge in [0.2, 0.25) is 0 Å². The predicted molar refractivity (Wildman–Crippen MR) is 155 cm³/mol. The van der Waals surface area contributed by atoms with Crippen molar-refractivity contribution < 1.29 is 37.0 Å². The number of alkyl carbamates (subject to hydrolysis) is 1. The number of aromatic nitrogens is 1. The van der Waals surface area contributed by atoms with Crippen LogP contribution in [0.1, 0.15) is 53.9 Å².